The van der Waals surface area contributed by atoms with E-state index in [0.717, 1.165) is 12.8 Å². The maximum atomic E-state index is 12.1. The van der Waals surface area contributed by atoms with Gasteiger partial charge in [0, 0.05) is 13.5 Å². The first-order valence-electron chi connectivity index (χ1n) is 5.76. The monoisotopic (exact) mass is 238 g/mol. The van der Waals surface area contributed by atoms with E-state index < -0.39 is 11.6 Å². The van der Waals surface area contributed by atoms with Crippen LogP contribution in [0.5, 0.6) is 0 Å². The zero-order valence-electron chi connectivity index (χ0n) is 10.5. The van der Waals surface area contributed by atoms with E-state index >= 15 is 0 Å². The highest BCUT2D eigenvalue weighted by molar-refractivity contribution is 6.04. The van der Waals surface area contributed by atoms with Crippen molar-refractivity contribution in [3.05, 3.63) is 24.0 Å². The van der Waals surface area contributed by atoms with Crippen molar-refractivity contribution in [3.8, 4) is 0 Å². The molecule has 0 saturated heterocycles. The van der Waals surface area contributed by atoms with Crippen LogP contribution in [0.25, 0.3) is 0 Å². The van der Waals surface area contributed by atoms with Crippen molar-refractivity contribution < 1.29 is 19.1 Å². The van der Waals surface area contributed by atoms with Crippen molar-refractivity contribution in [1.82, 2.24) is 0 Å². The molecular weight excluding hydrogens is 220 g/mol. The first kappa shape index (κ1) is 13.6. The largest absolute Gasteiger partial charge is 0.423 e. The van der Waals surface area contributed by atoms with Gasteiger partial charge in [0.1, 0.15) is 5.60 Å². The summed E-state index contributed by atoms with van der Waals surface area (Å²) in [4.78, 5) is 22.9. The highest BCUT2D eigenvalue weighted by Gasteiger charge is 2.37. The summed E-state index contributed by atoms with van der Waals surface area (Å²) in [6.45, 7) is 5.50. The van der Waals surface area contributed by atoms with Crippen LogP contribution in [-0.4, -0.2) is 24.0 Å². The van der Waals surface area contributed by atoms with Gasteiger partial charge in [-0.3, -0.25) is 9.59 Å². The molecule has 1 unspecified atom stereocenters. The molecule has 1 aliphatic carbocycles. The van der Waals surface area contributed by atoms with Crippen LogP contribution < -0.4 is 0 Å². The van der Waals surface area contributed by atoms with Crippen molar-refractivity contribution in [2.45, 2.75) is 39.2 Å². The molecule has 0 aliphatic heterocycles. The molecule has 4 nitrogen and oxygen atoms in total. The maximum absolute atomic E-state index is 12.1. The van der Waals surface area contributed by atoms with Crippen molar-refractivity contribution in [3.63, 3.8) is 0 Å². The van der Waals surface area contributed by atoms with Crippen molar-refractivity contribution in [2.24, 2.45) is 0 Å². The number of hydrogen-bond acceptors (Lipinski definition) is 4. The van der Waals surface area contributed by atoms with E-state index in [1.54, 1.807) is 19.1 Å². The minimum atomic E-state index is -1.02. The van der Waals surface area contributed by atoms with Crippen LogP contribution in [0.15, 0.2) is 24.0 Å². The fraction of sp³-hybridized carbons (Fsp3) is 0.538. The Morgan fingerprint density at radius 1 is 1.47 bits per heavy atom. The summed E-state index contributed by atoms with van der Waals surface area (Å²) in [5.74, 6) is -0.777. The lowest BCUT2D eigenvalue weighted by molar-refractivity contribution is -0.146. The minimum Gasteiger partial charge on any atom is -0.423 e. The van der Waals surface area contributed by atoms with E-state index in [-0.39, 0.29) is 11.5 Å². The molecule has 94 valence electrons. The molecule has 0 N–H and O–H groups in total. The van der Waals surface area contributed by atoms with Gasteiger partial charge in [0.2, 0.25) is 5.78 Å². The molecule has 0 amide bonds. The van der Waals surface area contributed by atoms with E-state index in [0.29, 0.717) is 6.61 Å². The second-order valence-electron chi connectivity index (χ2n) is 4.12. The molecule has 0 aromatic carbocycles. The SMILES string of the molecule is CCCCOC1(C)C=CC=C(OC(C)=O)C1=O. The molecule has 4 heteroatoms. The summed E-state index contributed by atoms with van der Waals surface area (Å²) < 4.78 is 10.4. The van der Waals surface area contributed by atoms with E-state index in [9.17, 15) is 9.59 Å². The molecule has 0 saturated carbocycles. The molecule has 17 heavy (non-hydrogen) atoms. The highest BCUT2D eigenvalue weighted by Crippen LogP contribution is 2.24. The predicted octanol–water partition coefficient (Wildman–Crippen LogP) is 2.15. The van der Waals surface area contributed by atoms with Crippen LogP contribution in [0.2, 0.25) is 0 Å². The maximum Gasteiger partial charge on any atom is 0.308 e. The number of allylic oxidation sites excluding steroid dienone is 2. The summed E-state index contributed by atoms with van der Waals surface area (Å²) >= 11 is 0. The lowest BCUT2D eigenvalue weighted by Crippen LogP contribution is -2.40. The van der Waals surface area contributed by atoms with Gasteiger partial charge in [-0.05, 0) is 25.5 Å². The summed E-state index contributed by atoms with van der Waals surface area (Å²) in [5.41, 5.74) is -1.02. The van der Waals surface area contributed by atoms with Crippen LogP contribution in [0.4, 0.5) is 0 Å². The number of carbonyl (C=O) groups is 2. The first-order valence-corrected chi connectivity index (χ1v) is 5.76. The third kappa shape index (κ3) is 3.53. The van der Waals surface area contributed by atoms with Gasteiger partial charge < -0.3 is 9.47 Å². The van der Waals surface area contributed by atoms with Gasteiger partial charge in [-0.1, -0.05) is 19.4 Å². The molecule has 0 heterocycles. The molecular formula is C13H18O4. The molecule has 0 bridgehead atoms. The van der Waals surface area contributed by atoms with Crippen LogP contribution in [0, 0.1) is 0 Å². The zero-order chi connectivity index (χ0) is 12.9. The summed E-state index contributed by atoms with van der Waals surface area (Å²) in [5, 5.41) is 0. The van der Waals surface area contributed by atoms with Gasteiger partial charge in [0.25, 0.3) is 0 Å². The number of esters is 1. The summed E-state index contributed by atoms with van der Waals surface area (Å²) in [6.07, 6.45) is 6.72. The smallest absolute Gasteiger partial charge is 0.308 e. The topological polar surface area (TPSA) is 52.6 Å². The molecule has 0 fully saturated rings. The average Bonchev–Trinajstić information content (AvgIpc) is 2.25. The van der Waals surface area contributed by atoms with Gasteiger partial charge in [-0.25, -0.2) is 0 Å². The number of ether oxygens (including phenoxy) is 2. The molecule has 0 aromatic rings. The Hall–Kier alpha value is -1.42. The Morgan fingerprint density at radius 2 is 2.18 bits per heavy atom. The minimum absolute atomic E-state index is 0.0407. The van der Waals surface area contributed by atoms with E-state index in [2.05, 4.69) is 6.92 Å². The van der Waals surface area contributed by atoms with Gasteiger partial charge >= 0.3 is 5.97 Å². The number of carbonyl (C=O) groups excluding carboxylic acids is 2. The molecule has 0 radical (unpaired) electrons. The van der Waals surface area contributed by atoms with Crippen LogP contribution in [0.1, 0.15) is 33.6 Å². The lowest BCUT2D eigenvalue weighted by atomic mass is 9.94. The average molecular weight is 238 g/mol. The Bertz CT molecular complexity index is 368. The van der Waals surface area contributed by atoms with Gasteiger partial charge in [-0.2, -0.15) is 0 Å². The van der Waals surface area contributed by atoms with Crippen molar-refractivity contribution >= 4 is 11.8 Å². The first-order chi connectivity index (χ1) is 7.99. The molecule has 0 spiro atoms. The van der Waals surface area contributed by atoms with Crippen molar-refractivity contribution in [1.29, 1.82) is 0 Å². The van der Waals surface area contributed by atoms with Crippen LogP contribution in [-0.2, 0) is 19.1 Å². The second-order valence-corrected chi connectivity index (χ2v) is 4.12. The fourth-order valence-corrected chi connectivity index (χ4v) is 1.49. The molecule has 0 aromatic heterocycles. The summed E-state index contributed by atoms with van der Waals surface area (Å²) in [6, 6.07) is 0. The Morgan fingerprint density at radius 3 is 2.76 bits per heavy atom. The predicted molar refractivity (Wildman–Crippen MR) is 63.3 cm³/mol. The summed E-state index contributed by atoms with van der Waals surface area (Å²) in [7, 11) is 0. The molecule has 1 rings (SSSR count). The normalized spacial score (nSPS) is 23.5. The number of ketones is 1. The quantitative estimate of drug-likeness (QED) is 0.544. The standard InChI is InChI=1S/C13H18O4/c1-4-5-9-16-13(3)8-6-7-11(12(13)15)17-10(2)14/h6-8H,4-5,9H2,1-3H3. The van der Waals surface area contributed by atoms with E-state index in [4.69, 9.17) is 9.47 Å². The number of hydrogen-bond donors (Lipinski definition) is 0. The number of rotatable bonds is 5. The molecule has 1 aliphatic rings. The van der Waals surface area contributed by atoms with Crippen molar-refractivity contribution in [2.75, 3.05) is 6.61 Å². The van der Waals surface area contributed by atoms with E-state index in [1.165, 1.54) is 13.0 Å². The van der Waals surface area contributed by atoms with Gasteiger partial charge in [-0.15, -0.1) is 0 Å². The highest BCUT2D eigenvalue weighted by atomic mass is 16.5. The third-order valence-corrected chi connectivity index (χ3v) is 2.49. The number of unbranched alkanes of at least 4 members (excludes halogenated alkanes) is 1. The van der Waals surface area contributed by atoms with E-state index in [1.807, 2.05) is 0 Å². The fourth-order valence-electron chi connectivity index (χ4n) is 1.49. The Labute approximate surface area is 101 Å². The zero-order valence-corrected chi connectivity index (χ0v) is 10.5. The molecule has 1 atom stereocenters. The lowest BCUT2D eigenvalue weighted by Gasteiger charge is -2.27. The van der Waals surface area contributed by atoms with Crippen LogP contribution in [0.3, 0.4) is 0 Å². The van der Waals surface area contributed by atoms with Gasteiger partial charge in [0.05, 0.1) is 0 Å². The third-order valence-electron chi connectivity index (χ3n) is 2.49. The second kappa shape index (κ2) is 5.77. The Balaban J connectivity index is 2.71. The Kier molecular flexibility index (Phi) is 4.63. The van der Waals surface area contributed by atoms with Crippen LogP contribution >= 0.6 is 0 Å². The van der Waals surface area contributed by atoms with Gasteiger partial charge in [0.15, 0.2) is 5.76 Å². The number of Topliss-reactive ketones (excluding diaryl/α,β-unsaturated/α-hetero) is 1.